The van der Waals surface area contributed by atoms with Gasteiger partial charge in [0.05, 0.1) is 13.1 Å². The molecule has 0 bridgehead atoms. The number of rotatable bonds is 12. The van der Waals surface area contributed by atoms with E-state index in [1.807, 2.05) is 36.7 Å². The van der Waals surface area contributed by atoms with Crippen LogP contribution in [0, 0.1) is 0 Å². The molecule has 0 aliphatic rings. The van der Waals surface area contributed by atoms with Crippen LogP contribution < -0.4 is 9.80 Å². The van der Waals surface area contributed by atoms with Crippen molar-refractivity contribution in [2.45, 2.75) is 13.1 Å². The molecule has 0 saturated carbocycles. The zero-order valence-corrected chi connectivity index (χ0v) is 23.5. The fraction of sp³-hybridized carbons (Fsp3) is 0.357. The van der Waals surface area contributed by atoms with Gasteiger partial charge in [0.2, 0.25) is 0 Å². The molecular formula is C28H38N6S2. The molecular weight excluding hydrogens is 484 g/mol. The number of pyridine rings is 2. The minimum atomic E-state index is 0.933. The number of nitrogens with zero attached hydrogens (tertiary/aromatic N) is 6. The highest BCUT2D eigenvalue weighted by molar-refractivity contribution is 7.10. The highest BCUT2D eigenvalue weighted by Gasteiger charge is 2.10. The van der Waals surface area contributed by atoms with Crippen LogP contribution >= 0.6 is 22.7 Å². The summed E-state index contributed by atoms with van der Waals surface area (Å²) in [7, 11) is 8.40. The molecule has 192 valence electrons. The van der Waals surface area contributed by atoms with Gasteiger partial charge in [-0.25, -0.2) is 9.97 Å². The molecule has 0 fully saturated rings. The van der Waals surface area contributed by atoms with Gasteiger partial charge in [-0.1, -0.05) is 24.3 Å². The third kappa shape index (κ3) is 10.1. The summed E-state index contributed by atoms with van der Waals surface area (Å²) in [4.78, 5) is 20.7. The predicted octanol–water partition coefficient (Wildman–Crippen LogP) is 5.42. The lowest BCUT2D eigenvalue weighted by molar-refractivity contribution is 0.412. The van der Waals surface area contributed by atoms with Gasteiger partial charge in [0.25, 0.3) is 0 Å². The molecule has 4 rings (SSSR count). The lowest BCUT2D eigenvalue weighted by Crippen LogP contribution is -2.31. The van der Waals surface area contributed by atoms with Crippen LogP contribution in [0.15, 0.2) is 83.8 Å². The van der Waals surface area contributed by atoms with Gasteiger partial charge in [0.1, 0.15) is 11.6 Å². The SMILES string of the molecule is CN(C)CCN(Cc1cccs1)c1ccccn1.CN(C)CCN(Cc1cccs1)c1ccccn1. The fourth-order valence-corrected chi connectivity index (χ4v) is 4.89. The van der Waals surface area contributed by atoms with Crippen molar-refractivity contribution in [3.8, 4) is 0 Å². The molecule has 0 aliphatic carbocycles. The average Bonchev–Trinajstić information content (AvgIpc) is 3.60. The molecule has 0 aromatic carbocycles. The van der Waals surface area contributed by atoms with E-state index in [0.29, 0.717) is 0 Å². The minimum absolute atomic E-state index is 0.933. The Hall–Kier alpha value is -2.78. The lowest BCUT2D eigenvalue weighted by atomic mass is 10.3. The first-order valence-electron chi connectivity index (χ1n) is 12.2. The van der Waals surface area contributed by atoms with E-state index in [-0.39, 0.29) is 0 Å². The van der Waals surface area contributed by atoms with Crippen molar-refractivity contribution >= 4 is 34.3 Å². The van der Waals surface area contributed by atoms with Crippen molar-refractivity contribution in [1.29, 1.82) is 0 Å². The van der Waals surface area contributed by atoms with Gasteiger partial charge in [-0.2, -0.15) is 0 Å². The van der Waals surface area contributed by atoms with Crippen LogP contribution in [0.5, 0.6) is 0 Å². The Kier molecular flexibility index (Phi) is 11.9. The zero-order valence-electron chi connectivity index (χ0n) is 21.8. The smallest absolute Gasteiger partial charge is 0.128 e. The van der Waals surface area contributed by atoms with E-state index in [1.54, 1.807) is 22.7 Å². The van der Waals surface area contributed by atoms with Gasteiger partial charge in [0.15, 0.2) is 0 Å². The minimum Gasteiger partial charge on any atom is -0.350 e. The third-order valence-electron chi connectivity index (χ3n) is 5.43. The molecule has 8 heteroatoms. The van der Waals surface area contributed by atoms with Crippen LogP contribution in [-0.4, -0.2) is 74.1 Å². The highest BCUT2D eigenvalue weighted by Crippen LogP contribution is 2.18. The van der Waals surface area contributed by atoms with E-state index in [4.69, 9.17) is 0 Å². The molecule has 0 unspecified atom stereocenters. The second-order valence-corrected chi connectivity index (χ2v) is 11.0. The fourth-order valence-electron chi connectivity index (χ4n) is 3.45. The molecule has 4 aromatic rings. The van der Waals surface area contributed by atoms with Crippen molar-refractivity contribution in [3.63, 3.8) is 0 Å². The number of hydrogen-bond donors (Lipinski definition) is 0. The molecule has 4 heterocycles. The maximum atomic E-state index is 4.45. The van der Waals surface area contributed by atoms with E-state index in [2.05, 4.69) is 105 Å². The Morgan fingerprint density at radius 2 is 1.00 bits per heavy atom. The Balaban J connectivity index is 0.000000201. The zero-order chi connectivity index (χ0) is 25.6. The Morgan fingerprint density at radius 3 is 1.31 bits per heavy atom. The number of likely N-dealkylation sites (N-methyl/N-ethyl adjacent to an activating group) is 2. The van der Waals surface area contributed by atoms with Crippen molar-refractivity contribution in [2.75, 3.05) is 64.2 Å². The maximum absolute atomic E-state index is 4.45. The van der Waals surface area contributed by atoms with Crippen molar-refractivity contribution in [3.05, 3.63) is 93.6 Å². The predicted molar refractivity (Wildman–Crippen MR) is 156 cm³/mol. The van der Waals surface area contributed by atoms with E-state index in [1.165, 1.54) is 9.75 Å². The number of anilines is 2. The van der Waals surface area contributed by atoms with Crippen LogP contribution in [0.2, 0.25) is 0 Å². The Bertz CT molecular complexity index is 966. The van der Waals surface area contributed by atoms with E-state index < -0.39 is 0 Å². The van der Waals surface area contributed by atoms with Gasteiger partial charge >= 0.3 is 0 Å². The summed E-state index contributed by atoms with van der Waals surface area (Å²) in [6, 6.07) is 20.7. The summed E-state index contributed by atoms with van der Waals surface area (Å²) in [5, 5.41) is 4.25. The number of thiophene rings is 2. The van der Waals surface area contributed by atoms with E-state index >= 15 is 0 Å². The van der Waals surface area contributed by atoms with E-state index in [9.17, 15) is 0 Å². The van der Waals surface area contributed by atoms with Crippen molar-refractivity contribution in [1.82, 2.24) is 19.8 Å². The molecule has 0 saturated heterocycles. The molecule has 0 amide bonds. The second kappa shape index (κ2) is 15.4. The topological polar surface area (TPSA) is 38.7 Å². The number of hydrogen-bond acceptors (Lipinski definition) is 8. The first-order valence-corrected chi connectivity index (χ1v) is 13.9. The molecule has 0 atom stereocenters. The monoisotopic (exact) mass is 522 g/mol. The van der Waals surface area contributed by atoms with Gasteiger partial charge in [-0.05, 0) is 75.3 Å². The molecule has 6 nitrogen and oxygen atoms in total. The largest absolute Gasteiger partial charge is 0.350 e. The lowest BCUT2D eigenvalue weighted by Gasteiger charge is -2.24. The van der Waals surface area contributed by atoms with Crippen LogP contribution in [0.4, 0.5) is 11.6 Å². The average molecular weight is 523 g/mol. The summed E-state index contributed by atoms with van der Waals surface area (Å²) in [6.07, 6.45) is 3.71. The van der Waals surface area contributed by atoms with Gasteiger partial charge in [0, 0.05) is 48.3 Å². The molecule has 0 N–H and O–H groups in total. The molecule has 4 aromatic heterocycles. The van der Waals surface area contributed by atoms with Gasteiger partial charge in [-0.15, -0.1) is 22.7 Å². The summed E-state index contributed by atoms with van der Waals surface area (Å²) in [5.41, 5.74) is 0. The van der Waals surface area contributed by atoms with Crippen LogP contribution in [0.3, 0.4) is 0 Å². The van der Waals surface area contributed by atoms with Crippen molar-refractivity contribution in [2.24, 2.45) is 0 Å². The van der Waals surface area contributed by atoms with Crippen LogP contribution in [0.25, 0.3) is 0 Å². The third-order valence-corrected chi connectivity index (χ3v) is 7.16. The first kappa shape index (κ1) is 27.8. The normalized spacial score (nSPS) is 10.8. The van der Waals surface area contributed by atoms with Crippen LogP contribution in [0.1, 0.15) is 9.75 Å². The summed E-state index contributed by atoms with van der Waals surface area (Å²) in [5.74, 6) is 2.10. The quantitative estimate of drug-likeness (QED) is 0.247. The number of aromatic nitrogens is 2. The second-order valence-electron chi connectivity index (χ2n) is 8.98. The molecule has 0 spiro atoms. The first-order chi connectivity index (χ1) is 17.5. The van der Waals surface area contributed by atoms with Crippen LogP contribution in [-0.2, 0) is 13.1 Å². The summed E-state index contributed by atoms with van der Waals surface area (Å²) >= 11 is 3.59. The highest BCUT2D eigenvalue weighted by atomic mass is 32.1. The van der Waals surface area contributed by atoms with Crippen molar-refractivity contribution < 1.29 is 0 Å². The van der Waals surface area contributed by atoms with Gasteiger partial charge in [-0.3, -0.25) is 0 Å². The Morgan fingerprint density at radius 1 is 0.556 bits per heavy atom. The standard InChI is InChI=1S/2C14H19N3S/c2*1-16(2)9-10-17(12-13-6-5-11-18-13)14-7-3-4-8-15-14/h2*3-8,11H,9-10,12H2,1-2H3. The van der Waals surface area contributed by atoms with Gasteiger partial charge < -0.3 is 19.6 Å². The maximum Gasteiger partial charge on any atom is 0.128 e. The molecule has 36 heavy (non-hydrogen) atoms. The molecule has 0 aliphatic heterocycles. The van der Waals surface area contributed by atoms with E-state index in [0.717, 1.165) is 50.9 Å². The Labute approximate surface area is 224 Å². The molecule has 0 radical (unpaired) electrons. The summed E-state index contributed by atoms with van der Waals surface area (Å²) in [6.45, 7) is 5.90. The summed E-state index contributed by atoms with van der Waals surface area (Å²) < 4.78 is 0.